The predicted molar refractivity (Wildman–Crippen MR) is 69.2 cm³/mol. The number of aliphatic hydroxyl groups is 1. The van der Waals surface area contributed by atoms with Crippen LogP contribution in [0.1, 0.15) is 16.5 Å². The topological polar surface area (TPSA) is 50.1 Å². The monoisotopic (exact) mass is 271 g/mol. The van der Waals surface area contributed by atoms with Crippen LogP contribution in [0.3, 0.4) is 0 Å². The molecule has 0 bridgehead atoms. The third kappa shape index (κ3) is 3.54. The highest BCUT2D eigenvalue weighted by Gasteiger charge is 2.09. The third-order valence-electron chi connectivity index (χ3n) is 2.35. The van der Waals surface area contributed by atoms with Gasteiger partial charge in [-0.15, -0.1) is 11.3 Å². The van der Waals surface area contributed by atoms with Crippen molar-refractivity contribution in [2.24, 2.45) is 7.05 Å². The van der Waals surface area contributed by atoms with Gasteiger partial charge in [0.1, 0.15) is 6.10 Å². The molecule has 1 unspecified atom stereocenters. The summed E-state index contributed by atoms with van der Waals surface area (Å²) >= 11 is 7.22. The number of hydrogen-bond donors (Lipinski definition) is 2. The summed E-state index contributed by atoms with van der Waals surface area (Å²) in [6.07, 6.45) is 3.24. The predicted octanol–water partition coefficient (Wildman–Crippen LogP) is 1.96. The van der Waals surface area contributed by atoms with Gasteiger partial charge in [0.2, 0.25) is 0 Å². The Bertz CT molecular complexity index is 483. The van der Waals surface area contributed by atoms with Gasteiger partial charge in [0.25, 0.3) is 0 Å². The highest BCUT2D eigenvalue weighted by Crippen LogP contribution is 2.26. The average Bonchev–Trinajstić information content (AvgIpc) is 2.88. The molecule has 4 nitrogen and oxygen atoms in total. The number of aromatic nitrogens is 2. The molecule has 2 aromatic rings. The van der Waals surface area contributed by atoms with Crippen molar-refractivity contribution in [3.8, 4) is 0 Å². The fourth-order valence-corrected chi connectivity index (χ4v) is 2.57. The second kappa shape index (κ2) is 5.64. The number of nitrogens with one attached hydrogen (secondary N) is 1. The van der Waals surface area contributed by atoms with E-state index in [2.05, 4.69) is 10.4 Å². The van der Waals surface area contributed by atoms with Crippen LogP contribution in [0.4, 0.5) is 0 Å². The van der Waals surface area contributed by atoms with Crippen molar-refractivity contribution < 1.29 is 5.11 Å². The Labute approximate surface area is 109 Å². The standard InChI is InChI=1S/C11H14ClN3OS/c1-15-7-8(5-14-15)4-13-6-9(16)10-2-3-11(12)17-10/h2-3,5,7,9,13,16H,4,6H2,1H3. The van der Waals surface area contributed by atoms with E-state index >= 15 is 0 Å². The summed E-state index contributed by atoms with van der Waals surface area (Å²) < 4.78 is 2.46. The van der Waals surface area contributed by atoms with Crippen LogP contribution in [-0.2, 0) is 13.6 Å². The number of aryl methyl sites for hydroxylation is 1. The van der Waals surface area contributed by atoms with E-state index in [1.807, 2.05) is 19.3 Å². The molecule has 0 fully saturated rings. The molecule has 2 N–H and O–H groups in total. The van der Waals surface area contributed by atoms with Gasteiger partial charge in [0, 0.05) is 36.8 Å². The van der Waals surface area contributed by atoms with Crippen LogP contribution < -0.4 is 5.32 Å². The third-order valence-corrected chi connectivity index (χ3v) is 3.68. The highest BCUT2D eigenvalue weighted by atomic mass is 35.5. The van der Waals surface area contributed by atoms with Crippen molar-refractivity contribution >= 4 is 22.9 Å². The molecule has 2 aromatic heterocycles. The van der Waals surface area contributed by atoms with Crippen LogP contribution in [0, 0.1) is 0 Å². The lowest BCUT2D eigenvalue weighted by Crippen LogP contribution is -2.20. The second-order valence-corrected chi connectivity index (χ2v) is 5.56. The first kappa shape index (κ1) is 12.6. The Morgan fingerprint density at radius 1 is 1.59 bits per heavy atom. The lowest BCUT2D eigenvalue weighted by Gasteiger charge is -2.09. The average molecular weight is 272 g/mol. The van der Waals surface area contributed by atoms with Gasteiger partial charge in [-0.25, -0.2) is 0 Å². The summed E-state index contributed by atoms with van der Waals surface area (Å²) in [4.78, 5) is 0.883. The Hall–Kier alpha value is -0.880. The van der Waals surface area contributed by atoms with Crippen LogP contribution in [0.2, 0.25) is 4.34 Å². The lowest BCUT2D eigenvalue weighted by atomic mass is 10.3. The van der Waals surface area contributed by atoms with E-state index in [4.69, 9.17) is 11.6 Å². The molecule has 0 aliphatic carbocycles. The van der Waals surface area contributed by atoms with E-state index < -0.39 is 6.10 Å². The van der Waals surface area contributed by atoms with Crippen molar-refractivity contribution in [2.75, 3.05) is 6.54 Å². The number of aliphatic hydroxyl groups excluding tert-OH is 1. The maximum absolute atomic E-state index is 9.89. The van der Waals surface area contributed by atoms with Gasteiger partial charge in [-0.3, -0.25) is 4.68 Å². The highest BCUT2D eigenvalue weighted by molar-refractivity contribution is 7.16. The summed E-state index contributed by atoms with van der Waals surface area (Å²) in [5.41, 5.74) is 1.10. The van der Waals surface area contributed by atoms with E-state index in [0.29, 0.717) is 17.4 Å². The molecule has 2 rings (SSSR count). The van der Waals surface area contributed by atoms with Crippen LogP contribution >= 0.6 is 22.9 Å². The second-order valence-electron chi connectivity index (χ2n) is 3.81. The van der Waals surface area contributed by atoms with E-state index in [1.165, 1.54) is 11.3 Å². The van der Waals surface area contributed by atoms with Gasteiger partial charge in [-0.05, 0) is 12.1 Å². The smallest absolute Gasteiger partial charge is 0.101 e. The molecule has 1 atom stereocenters. The molecule has 6 heteroatoms. The van der Waals surface area contributed by atoms with Gasteiger partial charge in [0.15, 0.2) is 0 Å². The minimum absolute atomic E-state index is 0.506. The van der Waals surface area contributed by atoms with Crippen molar-refractivity contribution in [1.29, 1.82) is 0 Å². The van der Waals surface area contributed by atoms with E-state index in [0.717, 1.165) is 10.4 Å². The Morgan fingerprint density at radius 3 is 3.00 bits per heavy atom. The first-order valence-corrected chi connectivity index (χ1v) is 6.46. The van der Waals surface area contributed by atoms with E-state index in [1.54, 1.807) is 16.9 Å². The number of thiophene rings is 1. The molecule has 0 amide bonds. The van der Waals surface area contributed by atoms with Gasteiger partial charge in [0.05, 0.1) is 10.5 Å². The Kier molecular flexibility index (Phi) is 4.17. The zero-order chi connectivity index (χ0) is 12.3. The molecule has 0 saturated carbocycles. The molecule has 0 aliphatic rings. The number of rotatable bonds is 5. The zero-order valence-electron chi connectivity index (χ0n) is 9.43. The number of nitrogens with zero attached hydrogens (tertiary/aromatic N) is 2. The Morgan fingerprint density at radius 2 is 2.41 bits per heavy atom. The van der Waals surface area contributed by atoms with Crippen molar-refractivity contribution in [1.82, 2.24) is 15.1 Å². The maximum atomic E-state index is 9.89. The summed E-state index contributed by atoms with van der Waals surface area (Å²) in [6.45, 7) is 1.20. The molecule has 92 valence electrons. The molecule has 0 radical (unpaired) electrons. The molecule has 0 aliphatic heterocycles. The van der Waals surface area contributed by atoms with Crippen LogP contribution in [0.5, 0.6) is 0 Å². The van der Waals surface area contributed by atoms with Crippen molar-refractivity contribution in [3.05, 3.63) is 39.3 Å². The summed E-state index contributed by atoms with van der Waals surface area (Å²) in [7, 11) is 1.88. The maximum Gasteiger partial charge on any atom is 0.101 e. The van der Waals surface area contributed by atoms with Crippen molar-refractivity contribution in [3.63, 3.8) is 0 Å². The number of halogens is 1. The minimum Gasteiger partial charge on any atom is -0.386 e. The molecule has 0 aromatic carbocycles. The first-order chi connectivity index (χ1) is 8.15. The van der Waals surface area contributed by atoms with Crippen LogP contribution in [0.25, 0.3) is 0 Å². The largest absolute Gasteiger partial charge is 0.386 e. The Balaban J connectivity index is 1.78. The van der Waals surface area contributed by atoms with Gasteiger partial charge >= 0.3 is 0 Å². The first-order valence-electron chi connectivity index (χ1n) is 5.26. The van der Waals surface area contributed by atoms with Gasteiger partial charge in [-0.2, -0.15) is 5.10 Å². The van der Waals surface area contributed by atoms with E-state index in [-0.39, 0.29) is 0 Å². The molecule has 17 heavy (non-hydrogen) atoms. The molecule has 0 spiro atoms. The fourth-order valence-electron chi connectivity index (χ4n) is 1.52. The van der Waals surface area contributed by atoms with E-state index in [9.17, 15) is 5.11 Å². The number of hydrogen-bond acceptors (Lipinski definition) is 4. The normalized spacial score (nSPS) is 12.9. The van der Waals surface area contributed by atoms with Crippen LogP contribution in [-0.4, -0.2) is 21.4 Å². The summed E-state index contributed by atoms with van der Waals surface area (Å²) in [6, 6.07) is 3.65. The lowest BCUT2D eigenvalue weighted by molar-refractivity contribution is 0.178. The SMILES string of the molecule is Cn1cc(CNCC(O)c2ccc(Cl)s2)cn1. The van der Waals surface area contributed by atoms with Gasteiger partial charge in [-0.1, -0.05) is 11.6 Å². The minimum atomic E-state index is -0.510. The van der Waals surface area contributed by atoms with Gasteiger partial charge < -0.3 is 10.4 Å². The summed E-state index contributed by atoms with van der Waals surface area (Å²) in [5, 5.41) is 17.1. The zero-order valence-corrected chi connectivity index (χ0v) is 11.0. The summed E-state index contributed by atoms with van der Waals surface area (Å²) in [5.74, 6) is 0. The fraction of sp³-hybridized carbons (Fsp3) is 0.364. The quantitative estimate of drug-likeness (QED) is 0.874. The molecule has 2 heterocycles. The molecule has 0 saturated heterocycles. The van der Waals surface area contributed by atoms with Crippen molar-refractivity contribution in [2.45, 2.75) is 12.6 Å². The van der Waals surface area contributed by atoms with Crippen LogP contribution in [0.15, 0.2) is 24.5 Å². The molecular formula is C11H14ClN3OS. The molecular weight excluding hydrogens is 258 g/mol.